The maximum absolute atomic E-state index is 5.49. The zero-order valence-electron chi connectivity index (χ0n) is 16.1. The maximum atomic E-state index is 5.49. The molecular formula is C21H24AsN3O3. The summed E-state index contributed by atoms with van der Waals surface area (Å²) in [6, 6.07) is 23.5. The number of para-hydroxylation sites is 6. The number of methoxy groups -OCH3 is 3. The fourth-order valence-corrected chi connectivity index (χ4v) is 5.69. The molecule has 0 heterocycles. The molecule has 0 unspecified atom stereocenters. The van der Waals surface area contributed by atoms with Crippen LogP contribution in [0, 0.1) is 0 Å². The van der Waals surface area contributed by atoms with Gasteiger partial charge in [-0.3, -0.25) is 0 Å². The summed E-state index contributed by atoms with van der Waals surface area (Å²) in [6.45, 7) is 0. The van der Waals surface area contributed by atoms with Crippen molar-refractivity contribution in [3.05, 3.63) is 72.8 Å². The number of hydrogen-bond acceptors (Lipinski definition) is 6. The molecule has 146 valence electrons. The summed E-state index contributed by atoms with van der Waals surface area (Å²) in [5.74, 6) is 2.35. The zero-order valence-corrected chi connectivity index (χ0v) is 18.0. The van der Waals surface area contributed by atoms with Gasteiger partial charge in [-0.25, -0.2) is 0 Å². The van der Waals surface area contributed by atoms with Crippen molar-refractivity contribution in [3.8, 4) is 17.2 Å². The van der Waals surface area contributed by atoms with Gasteiger partial charge in [0.1, 0.15) is 0 Å². The molecular weight excluding hydrogens is 417 g/mol. The van der Waals surface area contributed by atoms with E-state index >= 15 is 0 Å². The molecule has 0 saturated carbocycles. The molecule has 0 aliphatic heterocycles. The molecule has 3 aromatic rings. The van der Waals surface area contributed by atoms with E-state index in [1.807, 2.05) is 72.8 Å². The Morgan fingerprint density at radius 1 is 0.500 bits per heavy atom. The monoisotopic (exact) mass is 441 g/mol. The predicted octanol–water partition coefficient (Wildman–Crippen LogP) is 4.33. The molecule has 0 aliphatic rings. The Kier molecular flexibility index (Phi) is 6.93. The quantitative estimate of drug-likeness (QED) is 0.430. The number of benzene rings is 3. The van der Waals surface area contributed by atoms with Crippen LogP contribution >= 0.6 is 0 Å². The van der Waals surface area contributed by atoms with Crippen LogP contribution in [0.15, 0.2) is 72.8 Å². The van der Waals surface area contributed by atoms with Gasteiger partial charge in [0, 0.05) is 0 Å². The third-order valence-electron chi connectivity index (χ3n) is 4.02. The van der Waals surface area contributed by atoms with Gasteiger partial charge in [-0.15, -0.1) is 0 Å². The molecule has 0 amide bonds. The third-order valence-corrected chi connectivity index (χ3v) is 6.94. The van der Waals surface area contributed by atoms with Crippen LogP contribution in [-0.2, 0) is 0 Å². The van der Waals surface area contributed by atoms with Crippen molar-refractivity contribution >= 4 is 32.4 Å². The van der Waals surface area contributed by atoms with Crippen LogP contribution in [0.25, 0.3) is 0 Å². The molecule has 0 fully saturated rings. The Morgan fingerprint density at radius 2 is 0.786 bits per heavy atom. The van der Waals surface area contributed by atoms with Crippen molar-refractivity contribution in [2.45, 2.75) is 0 Å². The third kappa shape index (κ3) is 4.84. The molecule has 3 rings (SSSR count). The van der Waals surface area contributed by atoms with Crippen molar-refractivity contribution in [2.24, 2.45) is 0 Å². The molecule has 3 N–H and O–H groups in total. The number of anilines is 3. The van der Waals surface area contributed by atoms with E-state index in [-0.39, 0.29) is 0 Å². The van der Waals surface area contributed by atoms with E-state index in [9.17, 15) is 0 Å². The second-order valence-electron chi connectivity index (χ2n) is 5.77. The van der Waals surface area contributed by atoms with Crippen molar-refractivity contribution < 1.29 is 14.2 Å². The number of nitrogens with one attached hydrogen (secondary N) is 3. The topological polar surface area (TPSA) is 63.8 Å². The Balaban J connectivity index is 1.91. The Bertz CT molecular complexity index is 790. The SMILES string of the molecule is COc1ccccc1N[As](Nc1ccccc1OC)Nc1ccccc1OC. The van der Waals surface area contributed by atoms with Crippen molar-refractivity contribution in [1.29, 1.82) is 0 Å². The van der Waals surface area contributed by atoms with Crippen molar-refractivity contribution in [1.82, 2.24) is 0 Å². The summed E-state index contributed by atoms with van der Waals surface area (Å²) in [6.07, 6.45) is 0. The minimum atomic E-state index is -2.11. The van der Waals surface area contributed by atoms with Gasteiger partial charge < -0.3 is 0 Å². The van der Waals surface area contributed by atoms with Gasteiger partial charge in [0.25, 0.3) is 0 Å². The van der Waals surface area contributed by atoms with Gasteiger partial charge in [-0.1, -0.05) is 0 Å². The van der Waals surface area contributed by atoms with Crippen LogP contribution in [0.4, 0.5) is 17.1 Å². The fraction of sp³-hybridized carbons (Fsp3) is 0.143. The summed E-state index contributed by atoms with van der Waals surface area (Å²) in [5.41, 5.74) is 2.74. The average molecular weight is 441 g/mol. The predicted molar refractivity (Wildman–Crippen MR) is 116 cm³/mol. The van der Waals surface area contributed by atoms with Gasteiger partial charge in [0.2, 0.25) is 0 Å². The van der Waals surface area contributed by atoms with E-state index < -0.39 is 15.3 Å². The van der Waals surface area contributed by atoms with E-state index in [0.717, 1.165) is 34.3 Å². The van der Waals surface area contributed by atoms with Gasteiger partial charge >= 0.3 is 171 Å². The van der Waals surface area contributed by atoms with E-state index in [1.54, 1.807) is 21.3 Å². The molecule has 6 nitrogen and oxygen atoms in total. The first kappa shape index (κ1) is 19.8. The van der Waals surface area contributed by atoms with Crippen LogP contribution in [-0.4, -0.2) is 36.7 Å². The first-order valence-corrected chi connectivity index (χ1v) is 11.6. The molecule has 0 aliphatic carbocycles. The summed E-state index contributed by atoms with van der Waals surface area (Å²) in [7, 11) is 5.00. The second kappa shape index (κ2) is 9.81. The molecule has 0 spiro atoms. The molecule has 3 aromatic carbocycles. The second-order valence-corrected chi connectivity index (χ2v) is 8.59. The van der Waals surface area contributed by atoms with Gasteiger partial charge in [0.15, 0.2) is 0 Å². The number of ether oxygens (including phenoxy) is 3. The first-order chi connectivity index (χ1) is 13.7. The number of hydrogen-bond donors (Lipinski definition) is 3. The summed E-state index contributed by atoms with van der Waals surface area (Å²) in [5, 5.41) is 0. The van der Waals surface area contributed by atoms with E-state index in [2.05, 4.69) is 12.7 Å². The fourth-order valence-electron chi connectivity index (χ4n) is 2.66. The number of rotatable bonds is 9. The summed E-state index contributed by atoms with van der Waals surface area (Å²) < 4.78 is 27.2. The molecule has 0 radical (unpaired) electrons. The van der Waals surface area contributed by atoms with Crippen LogP contribution in [0.5, 0.6) is 17.2 Å². The van der Waals surface area contributed by atoms with E-state index in [1.165, 1.54) is 0 Å². The molecule has 0 aromatic heterocycles. The van der Waals surface area contributed by atoms with Crippen LogP contribution in [0.3, 0.4) is 0 Å². The molecule has 0 atom stereocenters. The van der Waals surface area contributed by atoms with Crippen LogP contribution in [0.1, 0.15) is 0 Å². The Hall–Kier alpha value is -2.98. The van der Waals surface area contributed by atoms with Gasteiger partial charge in [-0.2, -0.15) is 0 Å². The average Bonchev–Trinajstić information content (AvgIpc) is 2.75. The normalized spacial score (nSPS) is 10.3. The van der Waals surface area contributed by atoms with E-state index in [4.69, 9.17) is 14.2 Å². The summed E-state index contributed by atoms with van der Waals surface area (Å²) >= 11 is -2.11. The molecule has 0 saturated heterocycles. The zero-order chi connectivity index (χ0) is 19.8. The molecule has 7 heteroatoms. The minimum absolute atomic E-state index is 0.783. The Labute approximate surface area is 170 Å². The van der Waals surface area contributed by atoms with Crippen molar-refractivity contribution in [3.63, 3.8) is 0 Å². The summed E-state index contributed by atoms with van der Waals surface area (Å²) in [4.78, 5) is 0. The van der Waals surface area contributed by atoms with Crippen LogP contribution in [0.2, 0.25) is 0 Å². The van der Waals surface area contributed by atoms with Gasteiger partial charge in [-0.05, 0) is 0 Å². The Morgan fingerprint density at radius 3 is 1.07 bits per heavy atom. The molecule has 0 bridgehead atoms. The van der Waals surface area contributed by atoms with Gasteiger partial charge in [0.05, 0.1) is 0 Å². The first-order valence-electron chi connectivity index (χ1n) is 8.74. The van der Waals surface area contributed by atoms with Crippen molar-refractivity contribution in [2.75, 3.05) is 34.0 Å². The molecule has 28 heavy (non-hydrogen) atoms. The standard InChI is InChI=1S/C21H24AsN3O3/c1-26-19-13-7-4-10-16(19)23-22(24-17-11-5-8-14-20(17)27-2)25-18-12-6-9-15-21(18)28-3/h4-15,23-25H,1-3H3. The van der Waals surface area contributed by atoms with Crippen LogP contribution < -0.4 is 26.9 Å². The van der Waals surface area contributed by atoms with E-state index in [0.29, 0.717) is 0 Å².